The zero-order chi connectivity index (χ0) is 11.5. The zero-order valence-corrected chi connectivity index (χ0v) is 10.3. The third-order valence-electron chi connectivity index (χ3n) is 1.83. The van der Waals surface area contributed by atoms with Gasteiger partial charge in [-0.15, -0.1) is 0 Å². The van der Waals surface area contributed by atoms with Crippen LogP contribution in [0, 0.1) is 0 Å². The molecule has 0 aliphatic carbocycles. The molecule has 3 nitrogen and oxygen atoms in total. The van der Waals surface area contributed by atoms with Crippen LogP contribution in [0.3, 0.4) is 0 Å². The molecule has 0 aliphatic rings. The lowest BCUT2D eigenvalue weighted by atomic mass is 10.1. The van der Waals surface area contributed by atoms with Crippen LogP contribution in [0.15, 0.2) is 24.3 Å². The van der Waals surface area contributed by atoms with Gasteiger partial charge < -0.3 is 4.90 Å². The Bertz CT molecular complexity index is 429. The molecule has 84 valence electrons. The third kappa shape index (κ3) is 5.16. The van der Waals surface area contributed by atoms with Gasteiger partial charge in [0.25, 0.3) is 0 Å². The minimum absolute atomic E-state index is 0.115. The van der Waals surface area contributed by atoms with E-state index in [0.29, 0.717) is 0 Å². The molecule has 0 saturated heterocycles. The molecule has 0 fully saturated rings. The Kier molecular flexibility index (Phi) is 4.13. The van der Waals surface area contributed by atoms with Crippen LogP contribution in [0.5, 0.6) is 0 Å². The minimum atomic E-state index is -3.46. The summed E-state index contributed by atoms with van der Waals surface area (Å²) in [6, 6.07) is 7.43. The average Bonchev–Trinajstić information content (AvgIpc) is 1.99. The first-order valence-electron chi connectivity index (χ1n) is 4.52. The second-order valence-corrected chi connectivity index (χ2v) is 6.52. The first-order chi connectivity index (χ1) is 6.87. The summed E-state index contributed by atoms with van der Waals surface area (Å²) in [5, 5.41) is 0. The van der Waals surface area contributed by atoms with Gasteiger partial charge in [0.05, 0.1) is 5.75 Å². The van der Waals surface area contributed by atoms with E-state index < -0.39 is 9.05 Å². The van der Waals surface area contributed by atoms with Crippen molar-refractivity contribution in [3.05, 3.63) is 35.4 Å². The van der Waals surface area contributed by atoms with E-state index >= 15 is 0 Å². The van der Waals surface area contributed by atoms with Gasteiger partial charge in [0, 0.05) is 17.2 Å². The lowest BCUT2D eigenvalue weighted by Crippen LogP contribution is -2.10. The molecule has 0 aliphatic heterocycles. The Morgan fingerprint density at radius 3 is 2.40 bits per heavy atom. The van der Waals surface area contributed by atoms with Gasteiger partial charge in [0.15, 0.2) is 0 Å². The summed E-state index contributed by atoms with van der Waals surface area (Å²) in [7, 11) is 5.65. The highest BCUT2D eigenvalue weighted by molar-refractivity contribution is 8.13. The summed E-state index contributed by atoms with van der Waals surface area (Å²) in [6.45, 7) is 0.788. The first kappa shape index (κ1) is 12.5. The van der Waals surface area contributed by atoms with Crippen LogP contribution in [-0.4, -0.2) is 27.4 Å². The second-order valence-electron chi connectivity index (χ2n) is 3.74. The summed E-state index contributed by atoms with van der Waals surface area (Å²) in [5.74, 6) is -0.115. The number of halogens is 1. The van der Waals surface area contributed by atoms with Crippen molar-refractivity contribution in [1.29, 1.82) is 0 Å². The highest BCUT2D eigenvalue weighted by Gasteiger charge is 2.07. The van der Waals surface area contributed by atoms with Gasteiger partial charge in [-0.2, -0.15) is 0 Å². The van der Waals surface area contributed by atoms with E-state index in [0.717, 1.165) is 17.7 Å². The van der Waals surface area contributed by atoms with E-state index in [1.165, 1.54) is 0 Å². The van der Waals surface area contributed by atoms with Gasteiger partial charge in [-0.25, -0.2) is 8.42 Å². The summed E-state index contributed by atoms with van der Waals surface area (Å²) in [4.78, 5) is 2.02. The predicted molar refractivity (Wildman–Crippen MR) is 62.3 cm³/mol. The van der Waals surface area contributed by atoms with Crippen LogP contribution in [0.25, 0.3) is 0 Å². The molecule has 0 amide bonds. The average molecular weight is 248 g/mol. The molecule has 0 saturated carbocycles. The summed E-state index contributed by atoms with van der Waals surface area (Å²) >= 11 is 0. The molecule has 0 bridgehead atoms. The molecule has 5 heteroatoms. The van der Waals surface area contributed by atoms with Crippen molar-refractivity contribution < 1.29 is 8.42 Å². The molecule has 0 N–H and O–H groups in total. The lowest BCUT2D eigenvalue weighted by Gasteiger charge is -2.10. The van der Waals surface area contributed by atoms with Crippen molar-refractivity contribution in [1.82, 2.24) is 4.90 Å². The fourth-order valence-corrected chi connectivity index (χ4v) is 2.34. The normalized spacial score (nSPS) is 12.0. The van der Waals surface area contributed by atoms with Crippen molar-refractivity contribution in [2.24, 2.45) is 0 Å². The van der Waals surface area contributed by atoms with E-state index in [1.807, 2.05) is 37.2 Å². The highest BCUT2D eigenvalue weighted by atomic mass is 35.7. The molecular formula is C10H14ClNO2S. The zero-order valence-electron chi connectivity index (χ0n) is 8.77. The second kappa shape index (κ2) is 4.96. The molecule has 0 spiro atoms. The standard InChI is InChI=1S/C10H14ClNO2S/c1-12(2)7-9-4-3-5-10(6-9)8-15(11,13)14/h3-6H,7-8H2,1-2H3. The molecule has 1 aromatic rings. The Balaban J connectivity index is 2.83. The SMILES string of the molecule is CN(C)Cc1cccc(CS(=O)(=O)Cl)c1. The fraction of sp³-hybridized carbons (Fsp3) is 0.400. The van der Waals surface area contributed by atoms with E-state index in [1.54, 1.807) is 6.07 Å². The molecule has 0 atom stereocenters. The molecule has 1 aromatic carbocycles. The van der Waals surface area contributed by atoms with Crippen LogP contribution in [0.4, 0.5) is 0 Å². The molecule has 0 aromatic heterocycles. The topological polar surface area (TPSA) is 37.4 Å². The number of rotatable bonds is 4. The monoisotopic (exact) mass is 247 g/mol. The molecular weight excluding hydrogens is 234 g/mol. The Labute approximate surface area is 95.1 Å². The van der Waals surface area contributed by atoms with Gasteiger partial charge >= 0.3 is 0 Å². The number of benzene rings is 1. The Morgan fingerprint density at radius 2 is 1.87 bits per heavy atom. The Hall–Kier alpha value is -0.580. The lowest BCUT2D eigenvalue weighted by molar-refractivity contribution is 0.402. The van der Waals surface area contributed by atoms with Gasteiger partial charge in [0.2, 0.25) is 9.05 Å². The van der Waals surface area contributed by atoms with Gasteiger partial charge in [-0.1, -0.05) is 24.3 Å². The van der Waals surface area contributed by atoms with Crippen LogP contribution in [0.2, 0.25) is 0 Å². The largest absolute Gasteiger partial charge is 0.305 e. The first-order valence-corrected chi connectivity index (χ1v) is 6.99. The van der Waals surface area contributed by atoms with E-state index in [-0.39, 0.29) is 5.75 Å². The minimum Gasteiger partial charge on any atom is -0.305 e. The van der Waals surface area contributed by atoms with Crippen molar-refractivity contribution >= 4 is 19.7 Å². The van der Waals surface area contributed by atoms with Crippen LogP contribution < -0.4 is 0 Å². The third-order valence-corrected chi connectivity index (χ3v) is 2.83. The number of nitrogens with zero attached hydrogens (tertiary/aromatic N) is 1. The Morgan fingerprint density at radius 1 is 1.27 bits per heavy atom. The maximum absolute atomic E-state index is 10.9. The van der Waals surface area contributed by atoms with E-state index in [4.69, 9.17) is 10.7 Å². The van der Waals surface area contributed by atoms with Crippen LogP contribution in [0.1, 0.15) is 11.1 Å². The smallest absolute Gasteiger partial charge is 0.236 e. The van der Waals surface area contributed by atoms with Gasteiger partial charge in [-0.05, 0) is 25.2 Å². The number of hydrogen-bond donors (Lipinski definition) is 0. The molecule has 1 rings (SSSR count). The molecule has 0 radical (unpaired) electrons. The van der Waals surface area contributed by atoms with Gasteiger partial charge in [-0.3, -0.25) is 0 Å². The molecule has 0 unspecified atom stereocenters. The summed E-state index contributed by atoms with van der Waals surface area (Å²) in [6.07, 6.45) is 0. The van der Waals surface area contributed by atoms with Crippen molar-refractivity contribution in [3.8, 4) is 0 Å². The van der Waals surface area contributed by atoms with E-state index in [9.17, 15) is 8.42 Å². The van der Waals surface area contributed by atoms with Crippen LogP contribution >= 0.6 is 10.7 Å². The summed E-state index contributed by atoms with van der Waals surface area (Å²) in [5.41, 5.74) is 1.81. The quantitative estimate of drug-likeness (QED) is 0.762. The maximum Gasteiger partial charge on any atom is 0.236 e. The fourth-order valence-electron chi connectivity index (χ4n) is 1.38. The molecule has 15 heavy (non-hydrogen) atoms. The van der Waals surface area contributed by atoms with Gasteiger partial charge in [0.1, 0.15) is 0 Å². The van der Waals surface area contributed by atoms with Crippen molar-refractivity contribution in [2.45, 2.75) is 12.3 Å². The highest BCUT2D eigenvalue weighted by Crippen LogP contribution is 2.12. The van der Waals surface area contributed by atoms with Crippen LogP contribution in [-0.2, 0) is 21.3 Å². The molecule has 0 heterocycles. The maximum atomic E-state index is 10.9. The summed E-state index contributed by atoms with van der Waals surface area (Å²) < 4.78 is 21.8. The van der Waals surface area contributed by atoms with Crippen molar-refractivity contribution in [3.63, 3.8) is 0 Å². The van der Waals surface area contributed by atoms with Crippen molar-refractivity contribution in [2.75, 3.05) is 14.1 Å². The predicted octanol–water partition coefficient (Wildman–Crippen LogP) is 1.82. The van der Waals surface area contributed by atoms with E-state index in [2.05, 4.69) is 0 Å². The number of hydrogen-bond acceptors (Lipinski definition) is 3.